The topological polar surface area (TPSA) is 35.5 Å². The fourth-order valence-electron chi connectivity index (χ4n) is 3.55. The molecule has 0 amide bonds. The van der Waals surface area contributed by atoms with E-state index < -0.39 is 0 Å². The summed E-state index contributed by atoms with van der Waals surface area (Å²) in [4.78, 5) is 12.2. The van der Waals surface area contributed by atoms with Crippen molar-refractivity contribution in [3.8, 4) is 0 Å². The Morgan fingerprint density at radius 3 is 2.61 bits per heavy atom. The lowest BCUT2D eigenvalue weighted by Crippen LogP contribution is -2.26. The van der Waals surface area contributed by atoms with E-state index in [1.165, 1.54) is 18.4 Å². The van der Waals surface area contributed by atoms with Crippen molar-refractivity contribution in [2.45, 2.75) is 52.1 Å². The van der Waals surface area contributed by atoms with Crippen LogP contribution in [0.25, 0.3) is 0 Å². The second kappa shape index (κ2) is 4.01. The maximum atomic E-state index is 12.2. The fourth-order valence-corrected chi connectivity index (χ4v) is 3.55. The third-order valence-electron chi connectivity index (χ3n) is 5.07. The zero-order valence-corrected chi connectivity index (χ0v) is 11.5. The van der Waals surface area contributed by atoms with Gasteiger partial charge >= 0.3 is 5.97 Å². The number of rotatable bonds is 5. The van der Waals surface area contributed by atoms with Gasteiger partial charge in [0.05, 0.1) is 7.11 Å². The molecule has 0 aromatic rings. The number of carbonyl (C=O) groups is 1. The van der Waals surface area contributed by atoms with Crippen LogP contribution in [0.15, 0.2) is 11.3 Å². The van der Waals surface area contributed by atoms with Crippen molar-refractivity contribution in [2.75, 3.05) is 7.11 Å². The molecule has 3 heteroatoms. The Morgan fingerprint density at radius 1 is 1.33 bits per heavy atom. The number of carbonyl (C=O) groups excluding carboxylic acids is 1. The van der Waals surface area contributed by atoms with Gasteiger partial charge in [-0.25, -0.2) is 0 Å². The lowest BCUT2D eigenvalue weighted by molar-refractivity contribution is -0.155. The van der Waals surface area contributed by atoms with Crippen molar-refractivity contribution in [1.82, 2.24) is 0 Å². The predicted octanol–water partition coefficient (Wildman–Crippen LogP) is 3.05. The smallest absolute Gasteiger partial charge is 0.324 e. The van der Waals surface area contributed by atoms with Gasteiger partial charge in [-0.15, -0.1) is 0 Å². The second-order valence-corrected chi connectivity index (χ2v) is 5.95. The molecule has 100 valence electrons. The lowest BCUT2D eigenvalue weighted by atomic mass is 10.0. The SMILES string of the molecule is CCC1CC(CC)C(OC(=O)C23CC2=C3OC)C1. The number of hydrogen-bond acceptors (Lipinski definition) is 3. The summed E-state index contributed by atoms with van der Waals surface area (Å²) < 4.78 is 11.0. The maximum absolute atomic E-state index is 12.2. The molecule has 18 heavy (non-hydrogen) atoms. The van der Waals surface area contributed by atoms with E-state index in [0.717, 1.165) is 30.9 Å². The highest BCUT2D eigenvalue weighted by molar-refractivity contribution is 5.98. The molecule has 0 aromatic carbocycles. The number of fused-ring (bicyclic) bond motifs is 1. The van der Waals surface area contributed by atoms with E-state index in [1.807, 2.05) is 0 Å². The Balaban J connectivity index is 1.59. The van der Waals surface area contributed by atoms with Gasteiger partial charge in [0.15, 0.2) is 5.41 Å². The summed E-state index contributed by atoms with van der Waals surface area (Å²) in [7, 11) is 1.64. The van der Waals surface area contributed by atoms with E-state index in [0.29, 0.717) is 5.92 Å². The fraction of sp³-hybridized carbons (Fsp3) is 0.800. The van der Waals surface area contributed by atoms with Gasteiger partial charge in [0, 0.05) is 6.42 Å². The summed E-state index contributed by atoms with van der Waals surface area (Å²) >= 11 is 0. The molecule has 2 fully saturated rings. The Labute approximate surface area is 109 Å². The highest BCUT2D eigenvalue weighted by Gasteiger charge is 2.76. The van der Waals surface area contributed by atoms with Gasteiger partial charge in [0.1, 0.15) is 11.9 Å². The van der Waals surface area contributed by atoms with Crippen LogP contribution in [0.4, 0.5) is 0 Å². The second-order valence-electron chi connectivity index (χ2n) is 5.95. The Hall–Kier alpha value is -0.990. The number of esters is 1. The minimum absolute atomic E-state index is 0.0467. The van der Waals surface area contributed by atoms with Gasteiger partial charge in [-0.2, -0.15) is 0 Å². The van der Waals surface area contributed by atoms with Crippen molar-refractivity contribution < 1.29 is 14.3 Å². The third-order valence-corrected chi connectivity index (χ3v) is 5.07. The van der Waals surface area contributed by atoms with Crippen LogP contribution in [0.1, 0.15) is 46.0 Å². The average molecular weight is 250 g/mol. The molecule has 3 aliphatic rings. The first kappa shape index (κ1) is 12.1. The molecule has 0 bridgehead atoms. The molecule has 4 atom stereocenters. The number of methoxy groups -OCH3 is 1. The van der Waals surface area contributed by atoms with E-state index in [-0.39, 0.29) is 17.5 Å². The largest absolute Gasteiger partial charge is 0.500 e. The van der Waals surface area contributed by atoms with E-state index in [4.69, 9.17) is 9.47 Å². The molecule has 3 nitrogen and oxygen atoms in total. The Kier molecular flexibility index (Phi) is 2.68. The van der Waals surface area contributed by atoms with E-state index in [9.17, 15) is 4.79 Å². The van der Waals surface area contributed by atoms with Gasteiger partial charge < -0.3 is 9.47 Å². The molecule has 0 N–H and O–H groups in total. The number of ether oxygens (including phenoxy) is 2. The Bertz CT molecular complexity index is 412. The zero-order valence-electron chi connectivity index (χ0n) is 11.5. The molecule has 0 spiro atoms. The van der Waals surface area contributed by atoms with Crippen LogP contribution in [0, 0.1) is 17.3 Å². The summed E-state index contributed by atoms with van der Waals surface area (Å²) in [5.74, 6) is 2.13. The van der Waals surface area contributed by atoms with Crippen LogP contribution in [-0.2, 0) is 14.3 Å². The van der Waals surface area contributed by atoms with Gasteiger partial charge in [0.2, 0.25) is 0 Å². The quantitative estimate of drug-likeness (QED) is 0.703. The standard InChI is InChI=1S/C15H22O3/c1-4-9-6-10(5-2)12(7-9)18-14(16)15-8-11(15)13(15)17-3/h9-10,12H,4-8H2,1-3H3. The van der Waals surface area contributed by atoms with Crippen molar-refractivity contribution in [1.29, 1.82) is 0 Å². The van der Waals surface area contributed by atoms with Gasteiger partial charge in [-0.05, 0) is 36.7 Å². The molecule has 3 aliphatic carbocycles. The summed E-state index contributed by atoms with van der Waals surface area (Å²) in [6, 6.07) is 0. The highest BCUT2D eigenvalue weighted by Crippen LogP contribution is 2.74. The molecule has 0 heterocycles. The summed E-state index contributed by atoms with van der Waals surface area (Å²) in [6.07, 6.45) is 5.59. The predicted molar refractivity (Wildman–Crippen MR) is 67.8 cm³/mol. The van der Waals surface area contributed by atoms with Crippen molar-refractivity contribution in [2.24, 2.45) is 17.3 Å². The Morgan fingerprint density at radius 2 is 2.11 bits per heavy atom. The molecular weight excluding hydrogens is 228 g/mol. The van der Waals surface area contributed by atoms with Crippen molar-refractivity contribution in [3.05, 3.63) is 11.3 Å². The third kappa shape index (κ3) is 1.52. The molecule has 0 aliphatic heterocycles. The molecular formula is C15H22O3. The average Bonchev–Trinajstić information content (AvgIpc) is 3.19. The van der Waals surface area contributed by atoms with Crippen LogP contribution in [0.5, 0.6) is 0 Å². The molecule has 4 unspecified atom stereocenters. The molecule has 0 radical (unpaired) electrons. The van der Waals surface area contributed by atoms with Crippen LogP contribution < -0.4 is 0 Å². The van der Waals surface area contributed by atoms with Crippen LogP contribution >= 0.6 is 0 Å². The minimum atomic E-state index is -0.378. The first-order valence-electron chi connectivity index (χ1n) is 7.16. The first-order chi connectivity index (χ1) is 8.67. The molecule has 0 aromatic heterocycles. The molecule has 3 rings (SSSR count). The first-order valence-corrected chi connectivity index (χ1v) is 7.16. The van der Waals surface area contributed by atoms with E-state index in [2.05, 4.69) is 13.8 Å². The van der Waals surface area contributed by atoms with E-state index >= 15 is 0 Å². The van der Waals surface area contributed by atoms with Gasteiger partial charge in [-0.1, -0.05) is 20.3 Å². The van der Waals surface area contributed by atoms with Gasteiger partial charge in [0.25, 0.3) is 0 Å². The van der Waals surface area contributed by atoms with Crippen molar-refractivity contribution in [3.63, 3.8) is 0 Å². The van der Waals surface area contributed by atoms with Gasteiger partial charge in [-0.3, -0.25) is 4.79 Å². The maximum Gasteiger partial charge on any atom is 0.324 e. The summed E-state index contributed by atoms with van der Waals surface area (Å²) in [5.41, 5.74) is 0.797. The number of hydrogen-bond donors (Lipinski definition) is 0. The van der Waals surface area contributed by atoms with Crippen LogP contribution in [-0.4, -0.2) is 19.2 Å². The van der Waals surface area contributed by atoms with Crippen molar-refractivity contribution >= 4 is 5.97 Å². The molecule has 2 saturated carbocycles. The molecule has 0 saturated heterocycles. The minimum Gasteiger partial charge on any atom is -0.500 e. The summed E-state index contributed by atoms with van der Waals surface area (Å²) in [5, 5.41) is 0. The zero-order chi connectivity index (χ0) is 12.9. The normalized spacial score (nSPS) is 40.5. The summed E-state index contributed by atoms with van der Waals surface area (Å²) in [6.45, 7) is 4.42. The highest BCUT2D eigenvalue weighted by atomic mass is 16.6. The lowest BCUT2D eigenvalue weighted by Gasteiger charge is -2.20. The van der Waals surface area contributed by atoms with Crippen LogP contribution in [0.3, 0.4) is 0 Å². The van der Waals surface area contributed by atoms with Crippen LogP contribution in [0.2, 0.25) is 0 Å². The monoisotopic (exact) mass is 250 g/mol. The van der Waals surface area contributed by atoms with E-state index in [1.54, 1.807) is 7.11 Å².